The zero-order valence-electron chi connectivity index (χ0n) is 19.4. The number of carbonyl (C=O) groups is 1. The van der Waals surface area contributed by atoms with Crippen molar-refractivity contribution >= 4 is 11.6 Å². The Morgan fingerprint density at radius 2 is 2.00 bits per heavy atom. The largest absolute Gasteiger partial charge is 0.339 e. The summed E-state index contributed by atoms with van der Waals surface area (Å²) in [6.07, 6.45) is 7.26. The fourth-order valence-corrected chi connectivity index (χ4v) is 6.53. The average Bonchev–Trinajstić information content (AvgIpc) is 3.23. The minimum absolute atomic E-state index is 0.117. The number of hydrogen-bond donors (Lipinski definition) is 0. The molecule has 1 aliphatic carbocycles. The minimum atomic E-state index is -0.386. The van der Waals surface area contributed by atoms with Gasteiger partial charge >= 0.3 is 0 Å². The van der Waals surface area contributed by atoms with Crippen LogP contribution in [-0.4, -0.2) is 32.8 Å². The standard InChI is InChI=1S/C27H32FN3O/c1-18-9-10-30-23(15-29-24(30)11-18)21(20-7-5-6-8-22(20)28)12-25(32)31-17-27(4)14-19(31)13-26(2,3)16-27/h5-11,15,19,21H,12-14,16-17H2,1-4H3. The van der Waals surface area contributed by atoms with Crippen molar-refractivity contribution in [2.75, 3.05) is 6.54 Å². The number of aromatic nitrogens is 2. The molecule has 1 saturated carbocycles. The van der Waals surface area contributed by atoms with Gasteiger partial charge in [0.2, 0.25) is 5.91 Å². The van der Waals surface area contributed by atoms with Gasteiger partial charge in [-0.2, -0.15) is 0 Å². The predicted octanol–water partition coefficient (Wildman–Crippen LogP) is 5.73. The minimum Gasteiger partial charge on any atom is -0.339 e. The Balaban J connectivity index is 1.51. The van der Waals surface area contributed by atoms with Crippen LogP contribution in [0.15, 0.2) is 48.8 Å². The van der Waals surface area contributed by atoms with E-state index in [1.165, 1.54) is 6.07 Å². The first kappa shape index (κ1) is 21.2. The van der Waals surface area contributed by atoms with Crippen LogP contribution < -0.4 is 0 Å². The van der Waals surface area contributed by atoms with Crippen molar-refractivity contribution in [2.45, 2.75) is 65.3 Å². The maximum atomic E-state index is 14.9. The van der Waals surface area contributed by atoms with Gasteiger partial charge in [-0.1, -0.05) is 39.0 Å². The van der Waals surface area contributed by atoms with Gasteiger partial charge in [-0.25, -0.2) is 9.37 Å². The molecule has 1 aliphatic heterocycles. The summed E-state index contributed by atoms with van der Waals surface area (Å²) in [6, 6.07) is 11.1. The van der Waals surface area contributed by atoms with Crippen LogP contribution in [0.1, 0.15) is 69.2 Å². The van der Waals surface area contributed by atoms with E-state index in [1.807, 2.05) is 35.7 Å². The van der Waals surface area contributed by atoms with Crippen molar-refractivity contribution in [2.24, 2.45) is 10.8 Å². The summed E-state index contributed by atoms with van der Waals surface area (Å²) in [6.45, 7) is 9.77. The van der Waals surface area contributed by atoms with E-state index in [2.05, 4.69) is 30.7 Å². The number of amides is 1. The number of likely N-dealkylation sites (tertiary alicyclic amines) is 1. The number of carbonyl (C=O) groups excluding carboxylic acids is 1. The quantitative estimate of drug-likeness (QED) is 0.527. The molecule has 1 aromatic carbocycles. The molecule has 32 heavy (non-hydrogen) atoms. The van der Waals surface area contributed by atoms with E-state index in [1.54, 1.807) is 18.3 Å². The predicted molar refractivity (Wildman–Crippen MR) is 124 cm³/mol. The molecule has 3 atom stereocenters. The summed E-state index contributed by atoms with van der Waals surface area (Å²) in [5.74, 6) is -0.546. The Kier molecular flexibility index (Phi) is 4.92. The molecule has 5 heteroatoms. The lowest BCUT2D eigenvalue weighted by Gasteiger charge is -2.39. The molecule has 3 aromatic rings. The Labute approximate surface area is 189 Å². The SMILES string of the molecule is Cc1ccn2c(C(CC(=O)N3CC4(C)CC3CC(C)(C)C4)c3ccccc3F)cnc2c1. The van der Waals surface area contributed by atoms with E-state index < -0.39 is 0 Å². The molecule has 1 amide bonds. The number of halogens is 1. The molecule has 0 N–H and O–H groups in total. The summed E-state index contributed by atoms with van der Waals surface area (Å²) >= 11 is 0. The molecule has 1 saturated heterocycles. The van der Waals surface area contributed by atoms with E-state index in [0.29, 0.717) is 5.56 Å². The number of pyridine rings is 1. The second-order valence-corrected chi connectivity index (χ2v) is 11.1. The van der Waals surface area contributed by atoms with E-state index in [4.69, 9.17) is 0 Å². The van der Waals surface area contributed by atoms with Gasteiger partial charge in [0.25, 0.3) is 0 Å². The van der Waals surface area contributed by atoms with Gasteiger partial charge in [0.1, 0.15) is 11.5 Å². The van der Waals surface area contributed by atoms with Crippen molar-refractivity contribution in [3.63, 3.8) is 0 Å². The fourth-order valence-electron chi connectivity index (χ4n) is 6.53. The van der Waals surface area contributed by atoms with Crippen LogP contribution in [0, 0.1) is 23.6 Å². The highest BCUT2D eigenvalue weighted by molar-refractivity contribution is 5.78. The number of rotatable bonds is 4. The van der Waals surface area contributed by atoms with E-state index in [0.717, 1.165) is 42.7 Å². The molecule has 3 heterocycles. The van der Waals surface area contributed by atoms with Gasteiger partial charge in [0.15, 0.2) is 0 Å². The molecule has 2 bridgehead atoms. The Hall–Kier alpha value is -2.69. The number of fused-ring (bicyclic) bond motifs is 3. The molecule has 5 rings (SSSR count). The van der Waals surface area contributed by atoms with Gasteiger partial charge in [0, 0.05) is 37.3 Å². The number of imidazole rings is 1. The zero-order valence-corrected chi connectivity index (χ0v) is 19.4. The molecule has 4 nitrogen and oxygen atoms in total. The first-order valence-electron chi connectivity index (χ1n) is 11.6. The third kappa shape index (κ3) is 3.72. The summed E-state index contributed by atoms with van der Waals surface area (Å²) in [7, 11) is 0. The average molecular weight is 434 g/mol. The Bertz CT molecular complexity index is 1180. The highest BCUT2D eigenvalue weighted by atomic mass is 19.1. The zero-order chi connectivity index (χ0) is 22.7. The first-order valence-corrected chi connectivity index (χ1v) is 11.6. The van der Waals surface area contributed by atoms with E-state index >= 15 is 0 Å². The van der Waals surface area contributed by atoms with Crippen LogP contribution in [0.4, 0.5) is 4.39 Å². The van der Waals surface area contributed by atoms with Crippen molar-refractivity contribution in [3.05, 3.63) is 71.4 Å². The van der Waals surface area contributed by atoms with Crippen molar-refractivity contribution in [1.82, 2.24) is 14.3 Å². The van der Waals surface area contributed by atoms with Crippen molar-refractivity contribution in [1.29, 1.82) is 0 Å². The fraction of sp³-hybridized carbons (Fsp3) is 0.481. The lowest BCUT2D eigenvalue weighted by Crippen LogP contribution is -2.38. The summed E-state index contributed by atoms with van der Waals surface area (Å²) in [4.78, 5) is 20.3. The van der Waals surface area contributed by atoms with Crippen molar-refractivity contribution < 1.29 is 9.18 Å². The van der Waals surface area contributed by atoms with Gasteiger partial charge in [-0.15, -0.1) is 0 Å². The Morgan fingerprint density at radius 3 is 2.78 bits per heavy atom. The third-order valence-corrected chi connectivity index (χ3v) is 7.45. The third-order valence-electron chi connectivity index (χ3n) is 7.45. The highest BCUT2D eigenvalue weighted by Gasteiger charge is 2.51. The van der Waals surface area contributed by atoms with Crippen molar-refractivity contribution in [3.8, 4) is 0 Å². The smallest absolute Gasteiger partial charge is 0.223 e. The lowest BCUT2D eigenvalue weighted by molar-refractivity contribution is -0.132. The summed E-state index contributed by atoms with van der Waals surface area (Å²) in [5.41, 5.74) is 3.77. The maximum absolute atomic E-state index is 14.9. The number of nitrogens with zero attached hydrogens (tertiary/aromatic N) is 3. The Morgan fingerprint density at radius 1 is 1.22 bits per heavy atom. The molecule has 2 aliphatic rings. The molecule has 2 fully saturated rings. The second kappa shape index (κ2) is 7.43. The van der Waals surface area contributed by atoms with Crippen LogP contribution in [-0.2, 0) is 4.79 Å². The molecule has 0 spiro atoms. The maximum Gasteiger partial charge on any atom is 0.223 e. The molecule has 0 radical (unpaired) electrons. The van der Waals surface area contributed by atoms with Crippen LogP contribution in [0.3, 0.4) is 0 Å². The summed E-state index contributed by atoms with van der Waals surface area (Å²) in [5, 5.41) is 0. The number of hydrogen-bond acceptors (Lipinski definition) is 2. The number of aryl methyl sites for hydroxylation is 1. The van der Waals surface area contributed by atoms with Gasteiger partial charge in [-0.05, 0) is 66.3 Å². The van der Waals surface area contributed by atoms with Gasteiger partial charge < -0.3 is 9.30 Å². The second-order valence-electron chi connectivity index (χ2n) is 11.1. The molecule has 2 aromatic heterocycles. The molecule has 3 unspecified atom stereocenters. The molecular weight excluding hydrogens is 401 g/mol. The lowest BCUT2D eigenvalue weighted by atomic mass is 9.65. The molecular formula is C27H32FN3O. The van der Waals surface area contributed by atoms with Crippen LogP contribution in [0.2, 0.25) is 0 Å². The van der Waals surface area contributed by atoms with Gasteiger partial charge in [-0.3, -0.25) is 4.79 Å². The first-order chi connectivity index (χ1) is 15.1. The van der Waals surface area contributed by atoms with Crippen LogP contribution >= 0.6 is 0 Å². The van der Waals surface area contributed by atoms with E-state index in [9.17, 15) is 9.18 Å². The monoisotopic (exact) mass is 433 g/mol. The van der Waals surface area contributed by atoms with Gasteiger partial charge in [0.05, 0.1) is 5.69 Å². The number of benzene rings is 1. The van der Waals surface area contributed by atoms with Crippen LogP contribution in [0.5, 0.6) is 0 Å². The highest BCUT2D eigenvalue weighted by Crippen LogP contribution is 2.52. The van der Waals surface area contributed by atoms with Crippen LogP contribution in [0.25, 0.3) is 5.65 Å². The molecule has 168 valence electrons. The van der Waals surface area contributed by atoms with E-state index in [-0.39, 0.29) is 40.9 Å². The topological polar surface area (TPSA) is 37.6 Å². The normalized spacial score (nSPS) is 25.3. The summed E-state index contributed by atoms with van der Waals surface area (Å²) < 4.78 is 16.9.